The summed E-state index contributed by atoms with van der Waals surface area (Å²) in [6.07, 6.45) is 5.39. The molecule has 3 aromatic heterocycles. The number of fused-ring (bicyclic) bond motifs is 1. The van der Waals surface area contributed by atoms with Crippen molar-refractivity contribution in [2.24, 2.45) is 4.99 Å². The Bertz CT molecular complexity index is 925. The number of hydrogen-bond donors (Lipinski definition) is 2. The zero-order valence-electron chi connectivity index (χ0n) is 16.1. The summed E-state index contributed by atoms with van der Waals surface area (Å²) in [5.41, 5.74) is 1.97. The summed E-state index contributed by atoms with van der Waals surface area (Å²) in [4.78, 5) is 11.8. The molecule has 4 heterocycles. The standard InChI is InChI=1S/C19H26N8S/c1-2-20-18(22-13-17-25-24-16-7-3-4-12-27(16)17)21-9-8-15-14-28-19(23-15)26-10-5-6-11-26/h3-4,7,12,14H,2,5-6,8-11,13H2,1H3,(H2,20,21,22). The van der Waals surface area contributed by atoms with Crippen LogP contribution in [0.4, 0.5) is 5.13 Å². The summed E-state index contributed by atoms with van der Waals surface area (Å²) in [7, 11) is 0. The minimum Gasteiger partial charge on any atom is -0.357 e. The predicted octanol–water partition coefficient (Wildman–Crippen LogP) is 2.08. The lowest BCUT2D eigenvalue weighted by Crippen LogP contribution is -2.38. The van der Waals surface area contributed by atoms with Gasteiger partial charge in [-0.15, -0.1) is 21.5 Å². The second kappa shape index (κ2) is 9.01. The van der Waals surface area contributed by atoms with Crippen LogP contribution in [0.1, 0.15) is 31.3 Å². The Hall–Kier alpha value is -2.68. The molecule has 4 rings (SSSR count). The van der Waals surface area contributed by atoms with E-state index in [0.717, 1.165) is 60.9 Å². The number of pyridine rings is 1. The zero-order chi connectivity index (χ0) is 19.2. The monoisotopic (exact) mass is 398 g/mol. The fraction of sp³-hybridized carbons (Fsp3) is 0.474. The zero-order valence-corrected chi connectivity index (χ0v) is 17.0. The van der Waals surface area contributed by atoms with E-state index in [2.05, 4.69) is 43.0 Å². The first kappa shape index (κ1) is 18.7. The van der Waals surface area contributed by atoms with E-state index in [1.807, 2.05) is 28.8 Å². The van der Waals surface area contributed by atoms with Crippen molar-refractivity contribution in [1.29, 1.82) is 0 Å². The van der Waals surface area contributed by atoms with Crippen molar-refractivity contribution < 1.29 is 0 Å². The van der Waals surface area contributed by atoms with E-state index in [-0.39, 0.29) is 0 Å². The molecule has 2 N–H and O–H groups in total. The molecule has 0 saturated carbocycles. The molecular formula is C19H26N8S. The first-order valence-electron chi connectivity index (χ1n) is 9.83. The predicted molar refractivity (Wildman–Crippen MR) is 113 cm³/mol. The third kappa shape index (κ3) is 4.41. The van der Waals surface area contributed by atoms with Crippen LogP contribution in [0.3, 0.4) is 0 Å². The van der Waals surface area contributed by atoms with Crippen molar-refractivity contribution in [3.8, 4) is 0 Å². The molecule has 1 aliphatic heterocycles. The number of nitrogens with zero attached hydrogens (tertiary/aromatic N) is 6. The van der Waals surface area contributed by atoms with Crippen LogP contribution in [0.25, 0.3) is 5.65 Å². The van der Waals surface area contributed by atoms with E-state index >= 15 is 0 Å². The normalized spacial score (nSPS) is 14.8. The van der Waals surface area contributed by atoms with Crippen molar-refractivity contribution in [2.45, 2.75) is 32.7 Å². The second-order valence-corrected chi connectivity index (χ2v) is 7.57. The lowest BCUT2D eigenvalue weighted by Gasteiger charge is -2.12. The minimum atomic E-state index is 0.469. The van der Waals surface area contributed by atoms with Gasteiger partial charge in [-0.3, -0.25) is 4.40 Å². The van der Waals surface area contributed by atoms with Gasteiger partial charge in [0.2, 0.25) is 0 Å². The molecule has 1 saturated heterocycles. The average Bonchev–Trinajstić information content (AvgIpc) is 3.46. The SMILES string of the molecule is CCNC(=NCc1nnc2ccccn12)NCCc1csc(N2CCCC2)n1. The topological polar surface area (TPSA) is 82.7 Å². The maximum atomic E-state index is 4.78. The van der Waals surface area contributed by atoms with Gasteiger partial charge in [0.25, 0.3) is 0 Å². The molecule has 28 heavy (non-hydrogen) atoms. The molecule has 1 fully saturated rings. The Morgan fingerprint density at radius 1 is 1.21 bits per heavy atom. The number of hydrogen-bond acceptors (Lipinski definition) is 6. The second-order valence-electron chi connectivity index (χ2n) is 6.73. The van der Waals surface area contributed by atoms with Gasteiger partial charge >= 0.3 is 0 Å². The van der Waals surface area contributed by atoms with E-state index in [1.54, 1.807) is 11.3 Å². The van der Waals surface area contributed by atoms with Crippen molar-refractivity contribution in [2.75, 3.05) is 31.1 Å². The van der Waals surface area contributed by atoms with Gasteiger partial charge in [-0.25, -0.2) is 9.98 Å². The van der Waals surface area contributed by atoms with Gasteiger partial charge in [-0.05, 0) is 31.9 Å². The van der Waals surface area contributed by atoms with Gasteiger partial charge in [0, 0.05) is 44.2 Å². The molecule has 148 valence electrons. The number of rotatable bonds is 7. The van der Waals surface area contributed by atoms with Crippen LogP contribution in [0.15, 0.2) is 34.8 Å². The van der Waals surface area contributed by atoms with Gasteiger partial charge in [0.15, 0.2) is 22.6 Å². The molecule has 0 spiro atoms. The Labute approximate surface area is 168 Å². The van der Waals surface area contributed by atoms with Gasteiger partial charge in [-0.1, -0.05) is 6.07 Å². The van der Waals surface area contributed by atoms with Crippen LogP contribution < -0.4 is 15.5 Å². The molecule has 0 aliphatic carbocycles. The number of aliphatic imine (C=N–C) groups is 1. The molecular weight excluding hydrogens is 372 g/mol. The van der Waals surface area contributed by atoms with Crippen LogP contribution in [0.5, 0.6) is 0 Å². The summed E-state index contributed by atoms with van der Waals surface area (Å²) >= 11 is 1.75. The Morgan fingerprint density at radius 2 is 2.11 bits per heavy atom. The maximum Gasteiger partial charge on any atom is 0.191 e. The first-order chi connectivity index (χ1) is 13.8. The highest BCUT2D eigenvalue weighted by Gasteiger charge is 2.15. The van der Waals surface area contributed by atoms with Gasteiger partial charge in [0.05, 0.1) is 5.69 Å². The van der Waals surface area contributed by atoms with E-state index in [0.29, 0.717) is 6.54 Å². The Kier molecular flexibility index (Phi) is 6.01. The third-order valence-electron chi connectivity index (χ3n) is 4.70. The summed E-state index contributed by atoms with van der Waals surface area (Å²) in [6.45, 7) is 6.40. The maximum absolute atomic E-state index is 4.78. The molecule has 1 aliphatic rings. The smallest absolute Gasteiger partial charge is 0.191 e. The highest BCUT2D eigenvalue weighted by Crippen LogP contribution is 2.24. The largest absolute Gasteiger partial charge is 0.357 e. The van der Waals surface area contributed by atoms with Crippen LogP contribution >= 0.6 is 11.3 Å². The van der Waals surface area contributed by atoms with E-state index in [9.17, 15) is 0 Å². The molecule has 9 heteroatoms. The average molecular weight is 399 g/mol. The van der Waals surface area contributed by atoms with E-state index < -0.39 is 0 Å². The number of thiazole rings is 1. The van der Waals surface area contributed by atoms with Gasteiger partial charge in [0.1, 0.15) is 6.54 Å². The van der Waals surface area contributed by atoms with Crippen molar-refractivity contribution >= 4 is 28.1 Å². The molecule has 0 radical (unpaired) electrons. The summed E-state index contributed by atoms with van der Waals surface area (Å²) in [5, 5.41) is 18.4. The van der Waals surface area contributed by atoms with Crippen molar-refractivity contribution in [3.63, 3.8) is 0 Å². The first-order valence-corrected chi connectivity index (χ1v) is 10.7. The molecule has 0 bridgehead atoms. The Morgan fingerprint density at radius 3 is 2.96 bits per heavy atom. The van der Waals surface area contributed by atoms with E-state index in [1.165, 1.54) is 12.8 Å². The Balaban J connectivity index is 1.32. The number of aromatic nitrogens is 4. The van der Waals surface area contributed by atoms with Gasteiger partial charge < -0.3 is 15.5 Å². The van der Waals surface area contributed by atoms with E-state index in [4.69, 9.17) is 4.98 Å². The lowest BCUT2D eigenvalue weighted by atomic mass is 10.3. The number of nitrogens with one attached hydrogen (secondary N) is 2. The third-order valence-corrected chi connectivity index (χ3v) is 5.65. The highest BCUT2D eigenvalue weighted by molar-refractivity contribution is 7.13. The fourth-order valence-electron chi connectivity index (χ4n) is 3.26. The van der Waals surface area contributed by atoms with Crippen LogP contribution in [-0.2, 0) is 13.0 Å². The summed E-state index contributed by atoms with van der Waals surface area (Å²) in [5.74, 6) is 1.60. The summed E-state index contributed by atoms with van der Waals surface area (Å²) < 4.78 is 1.96. The molecule has 0 aromatic carbocycles. The van der Waals surface area contributed by atoms with Crippen LogP contribution in [0.2, 0.25) is 0 Å². The van der Waals surface area contributed by atoms with Gasteiger partial charge in [-0.2, -0.15) is 0 Å². The summed E-state index contributed by atoms with van der Waals surface area (Å²) in [6, 6.07) is 5.86. The molecule has 8 nitrogen and oxygen atoms in total. The number of guanidine groups is 1. The molecule has 0 unspecified atom stereocenters. The molecule has 3 aromatic rings. The van der Waals surface area contributed by atoms with Crippen LogP contribution in [-0.4, -0.2) is 51.7 Å². The van der Waals surface area contributed by atoms with Crippen molar-refractivity contribution in [1.82, 2.24) is 30.2 Å². The molecule has 0 atom stereocenters. The van der Waals surface area contributed by atoms with Crippen LogP contribution in [0, 0.1) is 0 Å². The van der Waals surface area contributed by atoms with Crippen molar-refractivity contribution in [3.05, 3.63) is 41.3 Å². The lowest BCUT2D eigenvalue weighted by molar-refractivity contribution is 0.780. The highest BCUT2D eigenvalue weighted by atomic mass is 32.1. The molecule has 0 amide bonds. The fourth-order valence-corrected chi connectivity index (χ4v) is 4.18. The minimum absolute atomic E-state index is 0.469. The quantitative estimate of drug-likeness (QED) is 0.468. The number of anilines is 1.